The van der Waals surface area contributed by atoms with Crippen LogP contribution in [0.4, 0.5) is 4.39 Å². The number of hydrogen-bond acceptors (Lipinski definition) is 4. The number of amides is 2. The quantitative estimate of drug-likeness (QED) is 0.648. The molecule has 5 nitrogen and oxygen atoms in total. The van der Waals surface area contributed by atoms with Crippen LogP contribution in [0, 0.1) is 19.7 Å². The minimum Gasteiger partial charge on any atom is -0.273 e. The van der Waals surface area contributed by atoms with Gasteiger partial charge in [-0.25, -0.2) is 9.37 Å². The van der Waals surface area contributed by atoms with Gasteiger partial charge in [-0.15, -0.1) is 11.3 Å². The minimum atomic E-state index is -0.357. The summed E-state index contributed by atoms with van der Waals surface area (Å²) in [6.07, 6.45) is 0.231. The van der Waals surface area contributed by atoms with Gasteiger partial charge in [-0.3, -0.25) is 20.4 Å². The molecule has 2 N–H and O–H groups in total. The molecule has 7 heteroatoms. The maximum Gasteiger partial charge on any atom is 0.244 e. The first-order valence-electron chi connectivity index (χ1n) is 8.75. The largest absolute Gasteiger partial charge is 0.273 e. The van der Waals surface area contributed by atoms with Gasteiger partial charge in [0.1, 0.15) is 10.8 Å². The molecule has 1 heterocycles. The molecule has 3 aromatic rings. The predicted molar refractivity (Wildman–Crippen MR) is 107 cm³/mol. The number of benzene rings is 2. The Kier molecular flexibility index (Phi) is 6.16. The van der Waals surface area contributed by atoms with E-state index in [0.29, 0.717) is 10.7 Å². The second-order valence-corrected chi connectivity index (χ2v) is 7.38. The van der Waals surface area contributed by atoms with Crippen molar-refractivity contribution in [2.75, 3.05) is 0 Å². The lowest BCUT2D eigenvalue weighted by Gasteiger charge is -2.08. The molecular formula is C21H20FN3O2S. The Hall–Kier alpha value is -3.06. The van der Waals surface area contributed by atoms with Crippen molar-refractivity contribution in [1.82, 2.24) is 15.8 Å². The molecule has 0 fully saturated rings. The maximum atomic E-state index is 13.0. The third kappa shape index (κ3) is 5.23. The second-order valence-electron chi connectivity index (χ2n) is 6.52. The number of aryl methyl sites for hydroxylation is 2. The van der Waals surface area contributed by atoms with Crippen molar-refractivity contribution in [1.29, 1.82) is 0 Å². The fourth-order valence-electron chi connectivity index (χ4n) is 2.60. The smallest absolute Gasteiger partial charge is 0.244 e. The van der Waals surface area contributed by atoms with Crippen LogP contribution in [0.25, 0.3) is 10.6 Å². The summed E-state index contributed by atoms with van der Waals surface area (Å²) >= 11 is 1.38. The number of nitrogens with zero attached hydrogens (tertiary/aromatic N) is 1. The van der Waals surface area contributed by atoms with Gasteiger partial charge < -0.3 is 0 Å². The Balaban J connectivity index is 1.49. The monoisotopic (exact) mass is 397 g/mol. The normalized spacial score (nSPS) is 10.5. The number of nitrogens with one attached hydrogen (secondary N) is 2. The molecule has 1 aromatic heterocycles. The lowest BCUT2D eigenvalue weighted by atomic mass is 10.0. The fraction of sp³-hybridized carbons (Fsp3) is 0.190. The number of halogens is 1. The van der Waals surface area contributed by atoms with Crippen LogP contribution in [0.15, 0.2) is 47.8 Å². The van der Waals surface area contributed by atoms with E-state index in [9.17, 15) is 14.0 Å². The van der Waals surface area contributed by atoms with Gasteiger partial charge in [0.25, 0.3) is 0 Å². The standard InChI is InChI=1S/C21H20FN3O2S/c1-13-3-4-15(9-14(13)2)10-19(26)24-25-20(27)11-18-12-28-21(23-18)16-5-7-17(22)8-6-16/h3-9,12H,10-11H2,1-2H3,(H,24,26)(H,25,27). The lowest BCUT2D eigenvalue weighted by Crippen LogP contribution is -2.43. The van der Waals surface area contributed by atoms with Gasteiger partial charge >= 0.3 is 0 Å². The van der Waals surface area contributed by atoms with E-state index in [4.69, 9.17) is 0 Å². The van der Waals surface area contributed by atoms with E-state index in [1.165, 1.54) is 29.0 Å². The van der Waals surface area contributed by atoms with Crippen molar-refractivity contribution in [2.24, 2.45) is 0 Å². The average molecular weight is 397 g/mol. The number of aromatic nitrogens is 1. The fourth-order valence-corrected chi connectivity index (χ4v) is 3.43. The molecule has 3 rings (SSSR count). The summed E-state index contributed by atoms with van der Waals surface area (Å²) in [5.41, 5.74) is 9.39. The zero-order valence-corrected chi connectivity index (χ0v) is 16.4. The maximum absolute atomic E-state index is 13.0. The summed E-state index contributed by atoms with van der Waals surface area (Å²) in [6.45, 7) is 4.01. The Labute approximate surface area is 166 Å². The second kappa shape index (κ2) is 8.75. The van der Waals surface area contributed by atoms with Gasteiger partial charge in [-0.2, -0.15) is 0 Å². The molecule has 0 saturated carbocycles. The van der Waals surface area contributed by atoms with Crippen molar-refractivity contribution < 1.29 is 14.0 Å². The Morgan fingerprint density at radius 2 is 1.64 bits per heavy atom. The highest BCUT2D eigenvalue weighted by molar-refractivity contribution is 7.13. The summed E-state index contributed by atoms with van der Waals surface area (Å²) in [4.78, 5) is 28.4. The first-order valence-corrected chi connectivity index (χ1v) is 9.63. The van der Waals surface area contributed by atoms with E-state index < -0.39 is 0 Å². The molecular weight excluding hydrogens is 377 g/mol. The highest BCUT2D eigenvalue weighted by Crippen LogP contribution is 2.24. The number of carbonyl (C=O) groups excluding carboxylic acids is 2. The van der Waals surface area contributed by atoms with Crippen LogP contribution in [-0.4, -0.2) is 16.8 Å². The summed E-state index contributed by atoms with van der Waals surface area (Å²) in [6, 6.07) is 11.9. The summed E-state index contributed by atoms with van der Waals surface area (Å²) in [7, 11) is 0. The first-order chi connectivity index (χ1) is 13.4. The van der Waals surface area contributed by atoms with Crippen molar-refractivity contribution in [2.45, 2.75) is 26.7 Å². The summed E-state index contributed by atoms with van der Waals surface area (Å²) < 4.78 is 13.0. The van der Waals surface area contributed by atoms with Crippen LogP contribution >= 0.6 is 11.3 Å². The van der Waals surface area contributed by atoms with E-state index in [-0.39, 0.29) is 30.5 Å². The Bertz CT molecular complexity index is 999. The van der Waals surface area contributed by atoms with E-state index in [1.807, 2.05) is 32.0 Å². The zero-order valence-electron chi connectivity index (χ0n) is 15.6. The van der Waals surface area contributed by atoms with Crippen molar-refractivity contribution >= 4 is 23.2 Å². The van der Waals surface area contributed by atoms with Crippen molar-refractivity contribution in [3.05, 3.63) is 76.0 Å². The van der Waals surface area contributed by atoms with Gasteiger partial charge in [0.2, 0.25) is 11.8 Å². The number of rotatable bonds is 5. The molecule has 0 spiro atoms. The highest BCUT2D eigenvalue weighted by Gasteiger charge is 2.11. The van der Waals surface area contributed by atoms with E-state index >= 15 is 0 Å². The molecule has 0 saturated heterocycles. The molecule has 144 valence electrons. The topological polar surface area (TPSA) is 71.1 Å². The van der Waals surface area contributed by atoms with Gasteiger partial charge in [-0.05, 0) is 54.8 Å². The average Bonchev–Trinajstić information content (AvgIpc) is 3.12. The number of carbonyl (C=O) groups is 2. The molecule has 0 aliphatic carbocycles. The van der Waals surface area contributed by atoms with Crippen LogP contribution in [0.3, 0.4) is 0 Å². The molecule has 0 atom stereocenters. The van der Waals surface area contributed by atoms with Crippen LogP contribution < -0.4 is 10.9 Å². The van der Waals surface area contributed by atoms with E-state index in [0.717, 1.165) is 16.7 Å². The van der Waals surface area contributed by atoms with Crippen molar-refractivity contribution in [3.8, 4) is 10.6 Å². The van der Waals surface area contributed by atoms with E-state index in [2.05, 4.69) is 15.8 Å². The molecule has 0 aliphatic heterocycles. The molecule has 0 radical (unpaired) electrons. The van der Waals surface area contributed by atoms with Gasteiger partial charge in [0.15, 0.2) is 0 Å². The molecule has 0 bridgehead atoms. The summed E-state index contributed by atoms with van der Waals surface area (Å²) in [5, 5.41) is 2.48. The van der Waals surface area contributed by atoms with Gasteiger partial charge in [-0.1, -0.05) is 18.2 Å². The first kappa shape index (κ1) is 19.7. The zero-order chi connectivity index (χ0) is 20.1. The third-order valence-electron chi connectivity index (χ3n) is 4.26. The molecule has 0 aliphatic rings. The van der Waals surface area contributed by atoms with Gasteiger partial charge in [0, 0.05) is 10.9 Å². The number of thiazole rings is 1. The third-order valence-corrected chi connectivity index (χ3v) is 5.20. The molecule has 2 aromatic carbocycles. The number of hydrazine groups is 1. The van der Waals surface area contributed by atoms with Crippen molar-refractivity contribution in [3.63, 3.8) is 0 Å². The van der Waals surface area contributed by atoms with Crippen LogP contribution in [0.5, 0.6) is 0 Å². The minimum absolute atomic E-state index is 0.0433. The lowest BCUT2D eigenvalue weighted by molar-refractivity contribution is -0.128. The number of hydrogen-bond donors (Lipinski definition) is 2. The van der Waals surface area contributed by atoms with Crippen LogP contribution in [0.1, 0.15) is 22.4 Å². The Morgan fingerprint density at radius 3 is 2.32 bits per heavy atom. The predicted octanol–water partition coefficient (Wildman–Crippen LogP) is 3.50. The Morgan fingerprint density at radius 1 is 0.964 bits per heavy atom. The summed E-state index contributed by atoms with van der Waals surface area (Å²) in [5.74, 6) is -0.956. The van der Waals surface area contributed by atoms with Crippen LogP contribution in [0.2, 0.25) is 0 Å². The molecule has 2 amide bonds. The van der Waals surface area contributed by atoms with Gasteiger partial charge in [0.05, 0.1) is 18.5 Å². The molecule has 28 heavy (non-hydrogen) atoms. The van der Waals surface area contributed by atoms with Crippen LogP contribution in [-0.2, 0) is 22.4 Å². The highest BCUT2D eigenvalue weighted by atomic mass is 32.1. The van der Waals surface area contributed by atoms with E-state index in [1.54, 1.807) is 17.5 Å². The molecule has 0 unspecified atom stereocenters. The SMILES string of the molecule is Cc1ccc(CC(=O)NNC(=O)Cc2csc(-c3ccc(F)cc3)n2)cc1C.